The highest BCUT2D eigenvalue weighted by Crippen LogP contribution is 2.27. The van der Waals surface area contributed by atoms with Gasteiger partial charge in [0.1, 0.15) is 11.6 Å². The van der Waals surface area contributed by atoms with Crippen molar-refractivity contribution in [2.45, 2.75) is 0 Å². The second-order valence-corrected chi connectivity index (χ2v) is 6.65. The van der Waals surface area contributed by atoms with Gasteiger partial charge in [-0.25, -0.2) is 9.07 Å². The summed E-state index contributed by atoms with van der Waals surface area (Å²) in [6, 6.07) is 22.8. The lowest BCUT2D eigenvalue weighted by molar-refractivity contribution is 0.104. The number of rotatable bonds is 6. The molecule has 0 atom stereocenters. The van der Waals surface area contributed by atoms with Gasteiger partial charge in [-0.1, -0.05) is 18.2 Å². The highest BCUT2D eigenvalue weighted by atomic mass is 19.1. The molecule has 0 N–H and O–H groups in total. The molecule has 4 nitrogen and oxygen atoms in total. The summed E-state index contributed by atoms with van der Waals surface area (Å²) in [5.41, 5.74) is 3.77. The fourth-order valence-corrected chi connectivity index (χ4v) is 3.07. The normalized spacial score (nSPS) is 11.0. The minimum absolute atomic E-state index is 0.205. The zero-order valence-electron chi connectivity index (χ0n) is 16.3. The predicted octanol–water partition coefficient (Wildman–Crippen LogP) is 5.58. The molecular formula is C25H19FN2O2. The molecule has 0 saturated heterocycles. The van der Waals surface area contributed by atoms with Gasteiger partial charge in [0.05, 0.1) is 18.5 Å². The van der Waals surface area contributed by atoms with Crippen LogP contribution in [0.2, 0.25) is 0 Å². The van der Waals surface area contributed by atoms with E-state index < -0.39 is 0 Å². The molecule has 0 aliphatic carbocycles. The smallest absolute Gasteiger partial charge is 0.185 e. The number of para-hydroxylation sites is 1. The second-order valence-electron chi connectivity index (χ2n) is 6.65. The SMILES string of the molecule is COc1ccc(-c2nn(-c3ccccc3)cc2/C=C\C(=O)c2ccc(F)cc2)cc1. The van der Waals surface area contributed by atoms with Crippen LogP contribution in [0.1, 0.15) is 15.9 Å². The first-order valence-corrected chi connectivity index (χ1v) is 9.41. The Morgan fingerprint density at radius 2 is 1.67 bits per heavy atom. The molecule has 5 heteroatoms. The summed E-state index contributed by atoms with van der Waals surface area (Å²) in [4.78, 5) is 12.5. The van der Waals surface area contributed by atoms with E-state index in [0.29, 0.717) is 5.56 Å². The van der Waals surface area contributed by atoms with Crippen LogP contribution in [0.15, 0.2) is 91.1 Å². The number of hydrogen-bond donors (Lipinski definition) is 0. The topological polar surface area (TPSA) is 44.1 Å². The molecule has 1 aromatic heterocycles. The number of nitrogens with zero attached hydrogens (tertiary/aromatic N) is 2. The van der Waals surface area contributed by atoms with Gasteiger partial charge in [-0.2, -0.15) is 5.10 Å². The lowest BCUT2D eigenvalue weighted by atomic mass is 10.1. The van der Waals surface area contributed by atoms with Crippen LogP contribution in [-0.2, 0) is 0 Å². The average Bonchev–Trinajstić information content (AvgIpc) is 3.23. The first-order valence-electron chi connectivity index (χ1n) is 9.41. The van der Waals surface area contributed by atoms with Crippen molar-refractivity contribution >= 4 is 11.9 Å². The van der Waals surface area contributed by atoms with Crippen LogP contribution in [0, 0.1) is 5.82 Å². The third kappa shape index (κ3) is 4.20. The van der Waals surface area contributed by atoms with Gasteiger partial charge in [0.25, 0.3) is 0 Å². The summed E-state index contributed by atoms with van der Waals surface area (Å²) in [6.45, 7) is 0. The third-order valence-electron chi connectivity index (χ3n) is 4.67. The molecule has 0 aliphatic rings. The van der Waals surface area contributed by atoms with Crippen molar-refractivity contribution in [3.05, 3.63) is 108 Å². The molecule has 1 heterocycles. The minimum Gasteiger partial charge on any atom is -0.497 e. The van der Waals surface area contributed by atoms with Crippen LogP contribution in [0.4, 0.5) is 4.39 Å². The third-order valence-corrected chi connectivity index (χ3v) is 4.67. The lowest BCUT2D eigenvalue weighted by Gasteiger charge is -2.02. The Bertz CT molecular complexity index is 1180. The summed E-state index contributed by atoms with van der Waals surface area (Å²) in [5, 5.41) is 4.73. The number of hydrogen-bond acceptors (Lipinski definition) is 3. The van der Waals surface area contributed by atoms with Crippen LogP contribution in [-0.4, -0.2) is 22.7 Å². The number of aromatic nitrogens is 2. The molecule has 0 aliphatic heterocycles. The van der Waals surface area contributed by atoms with E-state index >= 15 is 0 Å². The second kappa shape index (κ2) is 8.57. The van der Waals surface area contributed by atoms with Gasteiger partial charge in [-0.3, -0.25) is 4.79 Å². The van der Waals surface area contributed by atoms with Gasteiger partial charge < -0.3 is 4.74 Å². The lowest BCUT2D eigenvalue weighted by Crippen LogP contribution is -1.94. The van der Waals surface area contributed by atoms with Gasteiger partial charge in [0.2, 0.25) is 0 Å². The number of carbonyl (C=O) groups is 1. The van der Waals surface area contributed by atoms with E-state index in [0.717, 1.165) is 28.3 Å². The van der Waals surface area contributed by atoms with Crippen molar-refractivity contribution < 1.29 is 13.9 Å². The molecule has 0 amide bonds. The molecule has 30 heavy (non-hydrogen) atoms. The van der Waals surface area contributed by atoms with Crippen LogP contribution in [0.5, 0.6) is 5.75 Å². The molecule has 0 bridgehead atoms. The Labute approximate surface area is 173 Å². The fraction of sp³-hybridized carbons (Fsp3) is 0.0400. The first-order chi connectivity index (χ1) is 14.6. The van der Waals surface area contributed by atoms with Crippen molar-refractivity contribution in [2.75, 3.05) is 7.11 Å². The first kappa shape index (κ1) is 19.3. The summed E-state index contributed by atoms with van der Waals surface area (Å²) in [5.74, 6) is 0.175. The van der Waals surface area contributed by atoms with Gasteiger partial charge in [-0.05, 0) is 72.8 Å². The van der Waals surface area contributed by atoms with Gasteiger partial charge in [-0.15, -0.1) is 0 Å². The van der Waals surface area contributed by atoms with E-state index in [9.17, 15) is 9.18 Å². The average molecular weight is 398 g/mol. The summed E-state index contributed by atoms with van der Waals surface area (Å²) < 4.78 is 20.1. The molecule has 148 valence electrons. The zero-order chi connectivity index (χ0) is 20.9. The van der Waals surface area contributed by atoms with Crippen molar-refractivity contribution in [3.63, 3.8) is 0 Å². The summed E-state index contributed by atoms with van der Waals surface area (Å²) >= 11 is 0. The summed E-state index contributed by atoms with van der Waals surface area (Å²) in [7, 11) is 1.62. The van der Waals surface area contributed by atoms with Gasteiger partial charge in [0, 0.05) is 22.9 Å². The Morgan fingerprint density at radius 1 is 0.967 bits per heavy atom. The number of ketones is 1. The molecular weight excluding hydrogens is 379 g/mol. The number of carbonyl (C=O) groups excluding carboxylic acids is 1. The van der Waals surface area contributed by atoms with Crippen LogP contribution in [0.3, 0.4) is 0 Å². The molecule has 3 aromatic carbocycles. The zero-order valence-corrected chi connectivity index (χ0v) is 16.3. The number of halogens is 1. The van der Waals surface area contributed by atoms with Crippen molar-refractivity contribution in [1.29, 1.82) is 0 Å². The minimum atomic E-state index is -0.374. The fourth-order valence-electron chi connectivity index (χ4n) is 3.07. The van der Waals surface area contributed by atoms with Crippen LogP contribution < -0.4 is 4.74 Å². The highest BCUT2D eigenvalue weighted by Gasteiger charge is 2.11. The number of methoxy groups -OCH3 is 1. The molecule has 4 aromatic rings. The molecule has 0 fully saturated rings. The van der Waals surface area contributed by atoms with Crippen molar-refractivity contribution in [1.82, 2.24) is 9.78 Å². The Hall–Kier alpha value is -3.99. The maximum absolute atomic E-state index is 13.1. The standard InChI is InChI=1S/C25H19FN2O2/c1-30-23-14-9-19(10-15-23)25-20(17-28(27-25)22-5-3-2-4-6-22)11-16-24(29)18-7-12-21(26)13-8-18/h2-17H,1H3/b16-11-. The molecule has 0 saturated carbocycles. The monoisotopic (exact) mass is 398 g/mol. The van der Waals surface area contributed by atoms with Gasteiger partial charge in [0.15, 0.2) is 5.78 Å². The van der Waals surface area contributed by atoms with Crippen molar-refractivity contribution in [3.8, 4) is 22.7 Å². The largest absolute Gasteiger partial charge is 0.497 e. The molecule has 4 rings (SSSR count). The summed E-state index contributed by atoms with van der Waals surface area (Å²) in [6.07, 6.45) is 5.09. The Balaban J connectivity index is 1.71. The predicted molar refractivity (Wildman–Crippen MR) is 115 cm³/mol. The van der Waals surface area contributed by atoms with E-state index in [1.165, 1.54) is 30.3 Å². The maximum atomic E-state index is 13.1. The van der Waals surface area contributed by atoms with E-state index in [-0.39, 0.29) is 11.6 Å². The Kier molecular flexibility index (Phi) is 5.52. The molecule has 0 spiro atoms. The number of allylic oxidation sites excluding steroid dienone is 1. The maximum Gasteiger partial charge on any atom is 0.185 e. The van der Waals surface area contributed by atoms with Crippen LogP contribution >= 0.6 is 0 Å². The van der Waals surface area contributed by atoms with Gasteiger partial charge >= 0.3 is 0 Å². The molecule has 0 unspecified atom stereocenters. The van der Waals surface area contributed by atoms with Crippen LogP contribution in [0.25, 0.3) is 23.0 Å². The number of benzene rings is 3. The van der Waals surface area contributed by atoms with E-state index in [1.54, 1.807) is 17.9 Å². The van der Waals surface area contributed by atoms with E-state index in [4.69, 9.17) is 9.84 Å². The highest BCUT2D eigenvalue weighted by molar-refractivity contribution is 6.07. The van der Waals surface area contributed by atoms with E-state index in [2.05, 4.69) is 0 Å². The molecule has 0 radical (unpaired) electrons. The Morgan fingerprint density at radius 3 is 2.33 bits per heavy atom. The number of ether oxygens (including phenoxy) is 1. The van der Waals surface area contributed by atoms with E-state index in [1.807, 2.05) is 60.8 Å². The van der Waals surface area contributed by atoms with Crippen molar-refractivity contribution in [2.24, 2.45) is 0 Å². The quantitative estimate of drug-likeness (QED) is 0.314.